The molecule has 0 aromatic heterocycles. The summed E-state index contributed by atoms with van der Waals surface area (Å²) in [7, 11) is 0. The molecule has 1 N–H and O–H groups in total. The number of hydrogen-bond acceptors (Lipinski definition) is 4. The minimum absolute atomic E-state index is 0.0223. The lowest BCUT2D eigenvalue weighted by atomic mass is 9.95. The molecule has 0 aliphatic carbocycles. The number of aliphatic hydroxyl groups excluding tert-OH is 1. The average Bonchev–Trinajstić information content (AvgIpc) is 3.06. The van der Waals surface area contributed by atoms with Gasteiger partial charge in [0.2, 0.25) is 0 Å². The van der Waals surface area contributed by atoms with Crippen molar-refractivity contribution in [2.75, 3.05) is 11.5 Å². The second-order valence-electron chi connectivity index (χ2n) is 7.14. The van der Waals surface area contributed by atoms with Crippen LogP contribution in [0.5, 0.6) is 5.75 Å². The number of ether oxygens (including phenoxy) is 1. The smallest absolute Gasteiger partial charge is 0.300 e. The van der Waals surface area contributed by atoms with Gasteiger partial charge in [0.25, 0.3) is 11.7 Å². The third kappa shape index (κ3) is 3.97. The Bertz CT molecular complexity index is 1220. The first-order chi connectivity index (χ1) is 15.4. The molecule has 0 bridgehead atoms. The van der Waals surface area contributed by atoms with Gasteiger partial charge in [-0.15, -0.1) is 0 Å². The van der Waals surface area contributed by atoms with Gasteiger partial charge in [-0.1, -0.05) is 59.6 Å². The average molecular weight is 468 g/mol. The summed E-state index contributed by atoms with van der Waals surface area (Å²) in [6.45, 7) is 2.20. The van der Waals surface area contributed by atoms with Crippen molar-refractivity contribution in [1.82, 2.24) is 0 Å². The summed E-state index contributed by atoms with van der Waals surface area (Å²) >= 11 is 12.3. The second-order valence-corrected chi connectivity index (χ2v) is 7.98. The highest BCUT2D eigenvalue weighted by molar-refractivity contribution is 6.51. The van der Waals surface area contributed by atoms with E-state index in [0.29, 0.717) is 39.2 Å². The highest BCUT2D eigenvalue weighted by atomic mass is 35.5. The van der Waals surface area contributed by atoms with Crippen LogP contribution in [0.25, 0.3) is 5.76 Å². The van der Waals surface area contributed by atoms with Gasteiger partial charge in [-0.2, -0.15) is 0 Å². The van der Waals surface area contributed by atoms with Gasteiger partial charge in [0.1, 0.15) is 11.5 Å². The SMILES string of the molecule is CCOc1cc(/C(O)=C2\C(=O)C(=O)N(c3cccc(Cl)c3)C2c2ccccc2)ccc1Cl. The monoisotopic (exact) mass is 467 g/mol. The Kier molecular flexibility index (Phi) is 6.21. The summed E-state index contributed by atoms with van der Waals surface area (Å²) in [5.41, 5.74) is 1.43. The van der Waals surface area contributed by atoms with E-state index in [2.05, 4.69) is 0 Å². The van der Waals surface area contributed by atoms with E-state index in [0.717, 1.165) is 0 Å². The van der Waals surface area contributed by atoms with Crippen LogP contribution in [0, 0.1) is 0 Å². The maximum Gasteiger partial charge on any atom is 0.300 e. The molecule has 7 heteroatoms. The molecule has 0 radical (unpaired) electrons. The Balaban J connectivity index is 1.93. The van der Waals surface area contributed by atoms with Crippen LogP contribution in [-0.2, 0) is 9.59 Å². The molecular formula is C25H19Cl2NO4. The van der Waals surface area contributed by atoms with E-state index in [1.54, 1.807) is 54.6 Å². The molecule has 1 amide bonds. The van der Waals surface area contributed by atoms with Crippen molar-refractivity contribution in [2.24, 2.45) is 0 Å². The first-order valence-electron chi connectivity index (χ1n) is 9.96. The van der Waals surface area contributed by atoms with Crippen molar-refractivity contribution in [3.05, 3.63) is 99.5 Å². The summed E-state index contributed by atoms with van der Waals surface area (Å²) in [6.07, 6.45) is 0. The van der Waals surface area contributed by atoms with Crippen LogP contribution in [0.15, 0.2) is 78.4 Å². The van der Waals surface area contributed by atoms with Crippen LogP contribution in [0.3, 0.4) is 0 Å². The number of anilines is 1. The van der Waals surface area contributed by atoms with Crippen LogP contribution in [0.2, 0.25) is 10.0 Å². The highest BCUT2D eigenvalue weighted by Gasteiger charge is 2.47. The number of aliphatic hydroxyl groups is 1. The molecule has 1 atom stereocenters. The molecule has 4 rings (SSSR count). The Hall–Kier alpha value is -3.28. The van der Waals surface area contributed by atoms with Gasteiger partial charge in [0, 0.05) is 16.3 Å². The number of nitrogens with zero attached hydrogens (tertiary/aromatic N) is 1. The van der Waals surface area contributed by atoms with Crippen molar-refractivity contribution in [1.29, 1.82) is 0 Å². The third-order valence-corrected chi connectivity index (χ3v) is 5.70. The zero-order valence-corrected chi connectivity index (χ0v) is 18.6. The molecule has 1 aliphatic rings. The van der Waals surface area contributed by atoms with Crippen LogP contribution in [0.1, 0.15) is 24.1 Å². The Morgan fingerprint density at radius 1 is 1.00 bits per heavy atom. The van der Waals surface area contributed by atoms with Crippen LogP contribution in [-0.4, -0.2) is 23.4 Å². The molecular weight excluding hydrogens is 449 g/mol. The number of carbonyl (C=O) groups is 2. The van der Waals surface area contributed by atoms with Crippen LogP contribution in [0.4, 0.5) is 5.69 Å². The predicted molar refractivity (Wildman–Crippen MR) is 125 cm³/mol. The molecule has 162 valence electrons. The minimum Gasteiger partial charge on any atom is -0.507 e. The Morgan fingerprint density at radius 2 is 1.75 bits per heavy atom. The van der Waals surface area contributed by atoms with E-state index in [1.807, 2.05) is 25.1 Å². The summed E-state index contributed by atoms with van der Waals surface area (Å²) in [5.74, 6) is -1.47. The molecule has 5 nitrogen and oxygen atoms in total. The summed E-state index contributed by atoms with van der Waals surface area (Å²) in [5, 5.41) is 12.0. The predicted octanol–water partition coefficient (Wildman–Crippen LogP) is 6.02. The van der Waals surface area contributed by atoms with E-state index in [4.69, 9.17) is 27.9 Å². The molecule has 0 spiro atoms. The molecule has 32 heavy (non-hydrogen) atoms. The zero-order valence-electron chi connectivity index (χ0n) is 17.1. The van der Waals surface area contributed by atoms with E-state index in [9.17, 15) is 14.7 Å². The fourth-order valence-electron chi connectivity index (χ4n) is 3.75. The Morgan fingerprint density at radius 3 is 2.44 bits per heavy atom. The number of Topliss-reactive ketones (excluding diaryl/α,β-unsaturated/α-hetero) is 1. The first kappa shape index (κ1) is 21.9. The normalized spacial score (nSPS) is 17.6. The summed E-state index contributed by atoms with van der Waals surface area (Å²) in [6, 6.07) is 19.6. The lowest BCUT2D eigenvalue weighted by Gasteiger charge is -2.25. The number of carbonyl (C=O) groups excluding carboxylic acids is 2. The van der Waals surface area contributed by atoms with Crippen molar-refractivity contribution < 1.29 is 19.4 Å². The number of ketones is 1. The van der Waals surface area contributed by atoms with Gasteiger partial charge in [-0.25, -0.2) is 0 Å². The van der Waals surface area contributed by atoms with Gasteiger partial charge in [0.05, 0.1) is 23.2 Å². The summed E-state index contributed by atoms with van der Waals surface area (Å²) in [4.78, 5) is 27.6. The van der Waals surface area contributed by atoms with Crippen molar-refractivity contribution in [3.63, 3.8) is 0 Å². The lowest BCUT2D eigenvalue weighted by molar-refractivity contribution is -0.132. The van der Waals surface area contributed by atoms with E-state index in [-0.39, 0.29) is 11.3 Å². The first-order valence-corrected chi connectivity index (χ1v) is 10.7. The van der Waals surface area contributed by atoms with Gasteiger partial charge < -0.3 is 9.84 Å². The number of amides is 1. The molecule has 1 aliphatic heterocycles. The number of hydrogen-bond donors (Lipinski definition) is 1. The molecule has 1 heterocycles. The number of rotatable bonds is 5. The van der Waals surface area contributed by atoms with Crippen LogP contribution < -0.4 is 9.64 Å². The highest BCUT2D eigenvalue weighted by Crippen LogP contribution is 2.43. The molecule has 3 aromatic rings. The second kappa shape index (κ2) is 9.07. The van der Waals surface area contributed by atoms with E-state index in [1.165, 1.54) is 4.90 Å². The van der Waals surface area contributed by atoms with Gasteiger partial charge in [0.15, 0.2) is 0 Å². The van der Waals surface area contributed by atoms with Gasteiger partial charge >= 0.3 is 0 Å². The molecule has 1 saturated heterocycles. The largest absolute Gasteiger partial charge is 0.507 e. The van der Waals surface area contributed by atoms with Crippen LogP contribution >= 0.6 is 23.2 Å². The summed E-state index contributed by atoms with van der Waals surface area (Å²) < 4.78 is 5.51. The van der Waals surface area contributed by atoms with Gasteiger partial charge in [-0.05, 0) is 48.9 Å². The van der Waals surface area contributed by atoms with Gasteiger partial charge in [-0.3, -0.25) is 14.5 Å². The van der Waals surface area contributed by atoms with E-state index < -0.39 is 17.7 Å². The molecule has 1 unspecified atom stereocenters. The fourth-order valence-corrected chi connectivity index (χ4v) is 4.10. The van der Waals surface area contributed by atoms with E-state index >= 15 is 0 Å². The maximum absolute atomic E-state index is 13.2. The quantitative estimate of drug-likeness (QED) is 0.283. The third-order valence-electron chi connectivity index (χ3n) is 5.15. The molecule has 3 aromatic carbocycles. The van der Waals surface area contributed by atoms with Crippen molar-refractivity contribution in [3.8, 4) is 5.75 Å². The molecule has 1 fully saturated rings. The fraction of sp³-hybridized carbons (Fsp3) is 0.120. The standard InChI is InChI=1S/C25H19Cl2NO4/c1-2-32-20-13-16(11-12-19(20)27)23(29)21-22(15-7-4-3-5-8-15)28(25(31)24(21)30)18-10-6-9-17(26)14-18/h3-14,22,29H,2H2,1H3/b23-21+. The van der Waals surface area contributed by atoms with Crippen molar-refractivity contribution >= 4 is 46.3 Å². The zero-order chi connectivity index (χ0) is 22.8. The number of halogens is 2. The topological polar surface area (TPSA) is 66.8 Å². The molecule has 0 saturated carbocycles. The maximum atomic E-state index is 13.2. The number of benzene rings is 3. The minimum atomic E-state index is -0.833. The Labute approximate surface area is 195 Å². The lowest BCUT2D eigenvalue weighted by Crippen LogP contribution is -2.29. The van der Waals surface area contributed by atoms with Crippen molar-refractivity contribution in [2.45, 2.75) is 13.0 Å².